The van der Waals surface area contributed by atoms with Gasteiger partial charge >= 0.3 is 11.9 Å². The van der Waals surface area contributed by atoms with Crippen molar-refractivity contribution in [1.82, 2.24) is 10.3 Å². The lowest BCUT2D eigenvalue weighted by Gasteiger charge is -2.15. The van der Waals surface area contributed by atoms with Crippen LogP contribution in [0.4, 0.5) is 0 Å². The Morgan fingerprint density at radius 3 is 2.56 bits per heavy atom. The van der Waals surface area contributed by atoms with Crippen molar-refractivity contribution in [2.45, 2.75) is 12.6 Å². The van der Waals surface area contributed by atoms with Crippen LogP contribution in [-0.2, 0) is 16.2 Å². The van der Waals surface area contributed by atoms with E-state index in [1.165, 1.54) is 18.2 Å². The smallest absolute Gasteiger partial charge is 0.351 e. The SMILES string of the molecule is C=C(NC(C(=O)O)c1cccc(CO)n1)C(=O)O. The number of aliphatic hydroxyl groups is 1. The number of aromatic nitrogens is 1. The lowest BCUT2D eigenvalue weighted by molar-refractivity contribution is -0.139. The Morgan fingerprint density at radius 1 is 1.39 bits per heavy atom. The number of hydrogen-bond donors (Lipinski definition) is 4. The van der Waals surface area contributed by atoms with Gasteiger partial charge in [-0.2, -0.15) is 0 Å². The van der Waals surface area contributed by atoms with Crippen LogP contribution in [0, 0.1) is 0 Å². The van der Waals surface area contributed by atoms with E-state index in [0.717, 1.165) is 0 Å². The summed E-state index contributed by atoms with van der Waals surface area (Å²) in [7, 11) is 0. The first-order valence-corrected chi connectivity index (χ1v) is 4.94. The first kappa shape index (κ1) is 13.7. The van der Waals surface area contributed by atoms with E-state index < -0.39 is 23.7 Å². The fourth-order valence-corrected chi connectivity index (χ4v) is 1.25. The molecule has 1 aromatic rings. The normalized spacial score (nSPS) is 11.6. The number of rotatable bonds is 6. The highest BCUT2D eigenvalue weighted by Gasteiger charge is 2.23. The molecule has 7 nitrogen and oxygen atoms in total. The van der Waals surface area contributed by atoms with Crippen molar-refractivity contribution in [1.29, 1.82) is 0 Å². The second-order valence-electron chi connectivity index (χ2n) is 3.41. The Labute approximate surface area is 102 Å². The molecule has 1 unspecified atom stereocenters. The summed E-state index contributed by atoms with van der Waals surface area (Å²) >= 11 is 0. The number of pyridine rings is 1. The molecule has 1 aromatic heterocycles. The maximum atomic E-state index is 11.1. The summed E-state index contributed by atoms with van der Waals surface area (Å²) in [5, 5.41) is 28.8. The number of nitrogens with one attached hydrogen (secondary N) is 1. The number of carboxylic acids is 2. The van der Waals surface area contributed by atoms with Gasteiger partial charge in [0.05, 0.1) is 18.0 Å². The fourth-order valence-electron chi connectivity index (χ4n) is 1.25. The molecule has 96 valence electrons. The number of carbonyl (C=O) groups is 2. The van der Waals surface area contributed by atoms with Crippen molar-refractivity contribution >= 4 is 11.9 Å². The van der Waals surface area contributed by atoms with Gasteiger partial charge in [-0.1, -0.05) is 12.6 Å². The van der Waals surface area contributed by atoms with Crippen LogP contribution in [0.5, 0.6) is 0 Å². The summed E-state index contributed by atoms with van der Waals surface area (Å²) in [4.78, 5) is 25.6. The third-order valence-electron chi connectivity index (χ3n) is 2.11. The van der Waals surface area contributed by atoms with E-state index in [9.17, 15) is 9.59 Å². The average Bonchev–Trinajstić information content (AvgIpc) is 2.35. The van der Waals surface area contributed by atoms with E-state index in [2.05, 4.69) is 16.9 Å². The molecule has 0 aromatic carbocycles. The van der Waals surface area contributed by atoms with Gasteiger partial charge in [0.25, 0.3) is 0 Å². The second kappa shape index (κ2) is 5.78. The molecule has 0 radical (unpaired) electrons. The molecule has 1 atom stereocenters. The minimum absolute atomic E-state index is 0.0939. The Hall–Kier alpha value is -2.41. The first-order chi connectivity index (χ1) is 8.45. The van der Waals surface area contributed by atoms with Crippen LogP contribution in [0.1, 0.15) is 17.4 Å². The molecule has 4 N–H and O–H groups in total. The molecule has 0 fully saturated rings. The van der Waals surface area contributed by atoms with Crippen LogP contribution in [0.3, 0.4) is 0 Å². The third kappa shape index (κ3) is 3.29. The van der Waals surface area contributed by atoms with Crippen molar-refractivity contribution in [2.24, 2.45) is 0 Å². The monoisotopic (exact) mass is 252 g/mol. The molecule has 0 aliphatic carbocycles. The fraction of sp³-hybridized carbons (Fsp3) is 0.182. The van der Waals surface area contributed by atoms with Crippen molar-refractivity contribution in [3.63, 3.8) is 0 Å². The standard InChI is InChI=1S/C11H12N2O5/c1-6(10(15)16)12-9(11(17)18)8-4-2-3-7(5-14)13-8/h2-4,9,12,14H,1,5H2,(H,15,16)(H,17,18). The Morgan fingerprint density at radius 2 is 2.06 bits per heavy atom. The lowest BCUT2D eigenvalue weighted by Crippen LogP contribution is -2.31. The molecule has 0 bridgehead atoms. The van der Waals surface area contributed by atoms with E-state index in [-0.39, 0.29) is 12.3 Å². The van der Waals surface area contributed by atoms with Crippen molar-refractivity contribution in [3.8, 4) is 0 Å². The van der Waals surface area contributed by atoms with Gasteiger partial charge in [-0.3, -0.25) is 4.98 Å². The Bertz CT molecular complexity index is 486. The number of aliphatic hydroxyl groups excluding tert-OH is 1. The Kier molecular flexibility index (Phi) is 4.39. The molecule has 0 aliphatic heterocycles. The van der Waals surface area contributed by atoms with Crippen LogP contribution >= 0.6 is 0 Å². The molecule has 18 heavy (non-hydrogen) atoms. The van der Waals surface area contributed by atoms with Crippen molar-refractivity contribution in [2.75, 3.05) is 0 Å². The van der Waals surface area contributed by atoms with E-state index in [4.69, 9.17) is 15.3 Å². The molecular weight excluding hydrogens is 240 g/mol. The molecule has 1 heterocycles. The highest BCUT2D eigenvalue weighted by Crippen LogP contribution is 2.13. The lowest BCUT2D eigenvalue weighted by atomic mass is 10.1. The minimum Gasteiger partial charge on any atom is -0.479 e. The Balaban J connectivity index is 3.00. The van der Waals surface area contributed by atoms with E-state index >= 15 is 0 Å². The van der Waals surface area contributed by atoms with E-state index in [1.807, 2.05) is 0 Å². The maximum Gasteiger partial charge on any atom is 0.351 e. The predicted molar refractivity (Wildman–Crippen MR) is 60.4 cm³/mol. The quantitative estimate of drug-likeness (QED) is 0.521. The van der Waals surface area contributed by atoms with Crippen LogP contribution in [0.2, 0.25) is 0 Å². The zero-order valence-corrected chi connectivity index (χ0v) is 9.33. The molecule has 7 heteroatoms. The van der Waals surface area contributed by atoms with E-state index in [1.54, 1.807) is 0 Å². The molecule has 1 rings (SSSR count). The summed E-state index contributed by atoms with van der Waals surface area (Å²) in [6.07, 6.45) is 0. The zero-order chi connectivity index (χ0) is 13.7. The molecule has 0 aliphatic rings. The van der Waals surface area contributed by atoms with Crippen LogP contribution in [0.25, 0.3) is 0 Å². The number of aliphatic carboxylic acids is 2. The van der Waals surface area contributed by atoms with Crippen LogP contribution in [-0.4, -0.2) is 32.2 Å². The van der Waals surface area contributed by atoms with Gasteiger partial charge in [-0.25, -0.2) is 9.59 Å². The number of nitrogens with zero attached hydrogens (tertiary/aromatic N) is 1. The molecule has 0 saturated heterocycles. The summed E-state index contributed by atoms with van der Waals surface area (Å²) in [6, 6.07) is 3.13. The third-order valence-corrected chi connectivity index (χ3v) is 2.11. The molecule has 0 spiro atoms. The first-order valence-electron chi connectivity index (χ1n) is 4.94. The number of carboxylic acid groups (broad SMARTS) is 2. The van der Waals surface area contributed by atoms with Gasteiger partial charge < -0.3 is 20.6 Å². The van der Waals surface area contributed by atoms with Gasteiger partial charge in [-0.15, -0.1) is 0 Å². The second-order valence-corrected chi connectivity index (χ2v) is 3.41. The maximum absolute atomic E-state index is 11.1. The molecular formula is C11H12N2O5. The zero-order valence-electron chi connectivity index (χ0n) is 9.33. The average molecular weight is 252 g/mol. The van der Waals surface area contributed by atoms with Crippen LogP contribution < -0.4 is 5.32 Å². The van der Waals surface area contributed by atoms with E-state index in [0.29, 0.717) is 5.69 Å². The summed E-state index contributed by atoms with van der Waals surface area (Å²) < 4.78 is 0. The predicted octanol–water partition coefficient (Wildman–Crippen LogP) is -0.113. The van der Waals surface area contributed by atoms with Gasteiger partial charge in [-0.05, 0) is 12.1 Å². The van der Waals surface area contributed by atoms with Crippen LogP contribution in [0.15, 0.2) is 30.5 Å². The highest BCUT2D eigenvalue weighted by molar-refractivity contribution is 5.86. The van der Waals surface area contributed by atoms with Crippen molar-refractivity contribution in [3.05, 3.63) is 41.9 Å². The summed E-state index contributed by atoms with van der Waals surface area (Å²) in [5.41, 5.74) is -0.0588. The van der Waals surface area contributed by atoms with Crippen molar-refractivity contribution < 1.29 is 24.9 Å². The topological polar surface area (TPSA) is 120 Å². The highest BCUT2D eigenvalue weighted by atomic mass is 16.4. The molecule has 0 saturated carbocycles. The number of hydrogen-bond acceptors (Lipinski definition) is 5. The van der Waals surface area contributed by atoms with Gasteiger partial charge in [0.15, 0.2) is 6.04 Å². The molecule has 0 amide bonds. The minimum atomic E-state index is -1.35. The summed E-state index contributed by atoms with van der Waals surface area (Å²) in [5.74, 6) is -2.64. The largest absolute Gasteiger partial charge is 0.479 e. The van der Waals surface area contributed by atoms with Gasteiger partial charge in [0, 0.05) is 0 Å². The summed E-state index contributed by atoms with van der Waals surface area (Å²) in [6.45, 7) is 2.86. The van der Waals surface area contributed by atoms with Gasteiger partial charge in [0.2, 0.25) is 0 Å². The van der Waals surface area contributed by atoms with Gasteiger partial charge in [0.1, 0.15) is 5.70 Å².